The van der Waals surface area contributed by atoms with Crippen LogP contribution in [0.5, 0.6) is 0 Å². The molecule has 0 amide bonds. The Hall–Kier alpha value is -1.69. The highest BCUT2D eigenvalue weighted by Gasteiger charge is 2.37. The fourth-order valence-corrected chi connectivity index (χ4v) is 1.40. The van der Waals surface area contributed by atoms with Crippen molar-refractivity contribution in [1.29, 1.82) is 0 Å². The van der Waals surface area contributed by atoms with Crippen molar-refractivity contribution in [1.82, 2.24) is 0 Å². The number of carbonyl (C=O) groups excluding carboxylic acids is 3. The van der Waals surface area contributed by atoms with Crippen LogP contribution in [-0.2, 0) is 23.9 Å². The largest absolute Gasteiger partial charge is 0.432 e. The molecule has 2 aliphatic heterocycles. The molecule has 2 heterocycles. The Morgan fingerprint density at radius 1 is 1.14 bits per heavy atom. The first-order chi connectivity index (χ1) is 6.58. The Labute approximate surface area is 78.1 Å². The van der Waals surface area contributed by atoms with Crippen LogP contribution in [0.3, 0.4) is 0 Å². The summed E-state index contributed by atoms with van der Waals surface area (Å²) in [5, 5.41) is 9.20. The first-order valence-corrected chi connectivity index (χ1v) is 3.92. The van der Waals surface area contributed by atoms with Gasteiger partial charge in [0.2, 0.25) is 6.29 Å². The van der Waals surface area contributed by atoms with E-state index < -0.39 is 24.2 Å². The lowest BCUT2D eigenvalue weighted by molar-refractivity contribution is -0.153. The first kappa shape index (κ1) is 8.89. The Morgan fingerprint density at radius 2 is 1.86 bits per heavy atom. The Balaban J connectivity index is 2.36. The average Bonchev–Trinajstić information content (AvgIpc) is 2.55. The van der Waals surface area contributed by atoms with Crippen LogP contribution in [-0.4, -0.2) is 29.3 Å². The quantitative estimate of drug-likeness (QED) is 0.305. The summed E-state index contributed by atoms with van der Waals surface area (Å²) in [5.74, 6) is -2.10. The van der Waals surface area contributed by atoms with E-state index in [-0.39, 0.29) is 24.0 Å². The predicted octanol–water partition coefficient (Wildman–Crippen LogP) is -0.978. The summed E-state index contributed by atoms with van der Waals surface area (Å²) in [7, 11) is 0. The van der Waals surface area contributed by atoms with Gasteiger partial charge in [-0.15, -0.1) is 0 Å². The lowest BCUT2D eigenvalue weighted by atomic mass is 10.1. The van der Waals surface area contributed by atoms with Gasteiger partial charge in [0, 0.05) is 5.57 Å². The minimum atomic E-state index is -1.42. The second-order valence-corrected chi connectivity index (χ2v) is 2.96. The molecule has 14 heavy (non-hydrogen) atoms. The number of hydrogen-bond donors (Lipinski definition) is 1. The lowest BCUT2D eigenvalue weighted by Crippen LogP contribution is -2.10. The van der Waals surface area contributed by atoms with Gasteiger partial charge in [0.1, 0.15) is 0 Å². The van der Waals surface area contributed by atoms with E-state index in [1.807, 2.05) is 0 Å². The van der Waals surface area contributed by atoms with Crippen molar-refractivity contribution in [3.63, 3.8) is 0 Å². The summed E-state index contributed by atoms with van der Waals surface area (Å²) >= 11 is 0. The smallest absolute Gasteiger partial charge is 0.342 e. The van der Waals surface area contributed by atoms with E-state index in [4.69, 9.17) is 0 Å². The number of aliphatic hydroxyl groups is 1. The van der Waals surface area contributed by atoms with E-state index in [1.54, 1.807) is 0 Å². The molecule has 2 rings (SSSR count). The van der Waals surface area contributed by atoms with E-state index in [9.17, 15) is 19.5 Å². The monoisotopic (exact) mass is 198 g/mol. The Bertz CT molecular complexity index is 366. The molecular weight excluding hydrogens is 192 g/mol. The van der Waals surface area contributed by atoms with Gasteiger partial charge in [0.05, 0.1) is 18.4 Å². The molecule has 74 valence electrons. The van der Waals surface area contributed by atoms with Gasteiger partial charge in [-0.05, 0) is 0 Å². The van der Waals surface area contributed by atoms with Crippen molar-refractivity contribution >= 4 is 17.9 Å². The van der Waals surface area contributed by atoms with E-state index >= 15 is 0 Å². The van der Waals surface area contributed by atoms with E-state index in [0.717, 1.165) is 0 Å². The third-order valence-corrected chi connectivity index (χ3v) is 2.04. The molecular formula is C8H6O6. The maximum Gasteiger partial charge on any atom is 0.342 e. The fraction of sp³-hybridized carbons (Fsp3) is 0.375. The zero-order valence-electron chi connectivity index (χ0n) is 6.98. The molecule has 0 bridgehead atoms. The summed E-state index contributed by atoms with van der Waals surface area (Å²) < 4.78 is 8.67. The second kappa shape index (κ2) is 2.91. The minimum Gasteiger partial charge on any atom is -0.432 e. The van der Waals surface area contributed by atoms with Crippen molar-refractivity contribution in [3.05, 3.63) is 11.1 Å². The topological polar surface area (TPSA) is 89.9 Å². The standard InChI is InChI=1S/C8H6O6/c9-5-1-3(7(11)13-5)4-2-6(10)14-8(4)12/h7,11H,1-2H2/b4-3-. The number of esters is 3. The Morgan fingerprint density at radius 3 is 2.29 bits per heavy atom. The van der Waals surface area contributed by atoms with E-state index in [1.165, 1.54) is 0 Å². The molecule has 0 aromatic heterocycles. The van der Waals surface area contributed by atoms with Gasteiger partial charge >= 0.3 is 17.9 Å². The number of rotatable bonds is 0. The lowest BCUT2D eigenvalue weighted by Gasteiger charge is -2.02. The molecule has 6 nitrogen and oxygen atoms in total. The van der Waals surface area contributed by atoms with Gasteiger partial charge in [-0.1, -0.05) is 0 Å². The number of ether oxygens (including phenoxy) is 2. The SMILES string of the molecule is O=C1C/C(=C2\CC(=O)OC2O)C(=O)O1. The number of carbonyl (C=O) groups is 3. The van der Waals surface area contributed by atoms with Crippen LogP contribution in [0.2, 0.25) is 0 Å². The third kappa shape index (κ3) is 1.29. The summed E-state index contributed by atoms with van der Waals surface area (Å²) in [6, 6.07) is 0. The summed E-state index contributed by atoms with van der Waals surface area (Å²) in [6.07, 6.45) is -1.79. The third-order valence-electron chi connectivity index (χ3n) is 2.04. The summed E-state index contributed by atoms with van der Waals surface area (Å²) in [6.45, 7) is 0. The van der Waals surface area contributed by atoms with Gasteiger partial charge in [-0.2, -0.15) is 0 Å². The number of cyclic esters (lactones) is 3. The van der Waals surface area contributed by atoms with Gasteiger partial charge in [-0.25, -0.2) is 4.79 Å². The van der Waals surface area contributed by atoms with Crippen molar-refractivity contribution in [2.45, 2.75) is 19.1 Å². The second-order valence-electron chi connectivity index (χ2n) is 2.96. The van der Waals surface area contributed by atoms with Gasteiger partial charge in [-0.3, -0.25) is 9.59 Å². The molecule has 0 aromatic rings. The molecule has 0 aliphatic carbocycles. The highest BCUT2D eigenvalue weighted by molar-refractivity contribution is 6.07. The van der Waals surface area contributed by atoms with E-state index in [0.29, 0.717) is 0 Å². The van der Waals surface area contributed by atoms with Crippen molar-refractivity contribution in [2.24, 2.45) is 0 Å². The van der Waals surface area contributed by atoms with Gasteiger partial charge in [0.25, 0.3) is 0 Å². The van der Waals surface area contributed by atoms with Crippen LogP contribution in [0.4, 0.5) is 0 Å². The Kier molecular flexibility index (Phi) is 1.85. The normalized spacial score (nSPS) is 32.1. The minimum absolute atomic E-state index is 0.0355. The zero-order valence-corrected chi connectivity index (χ0v) is 6.98. The molecule has 2 fully saturated rings. The van der Waals surface area contributed by atoms with Crippen LogP contribution in [0, 0.1) is 0 Å². The van der Waals surface area contributed by atoms with Crippen LogP contribution < -0.4 is 0 Å². The fourth-order valence-electron chi connectivity index (χ4n) is 1.40. The number of hydrogen-bond acceptors (Lipinski definition) is 6. The van der Waals surface area contributed by atoms with Crippen LogP contribution >= 0.6 is 0 Å². The van der Waals surface area contributed by atoms with Crippen LogP contribution in [0.15, 0.2) is 11.1 Å². The highest BCUT2D eigenvalue weighted by atomic mass is 16.6. The maximum atomic E-state index is 11.0. The van der Waals surface area contributed by atoms with Gasteiger partial charge in [0.15, 0.2) is 0 Å². The predicted molar refractivity (Wildman–Crippen MR) is 39.5 cm³/mol. The van der Waals surface area contributed by atoms with Gasteiger partial charge < -0.3 is 14.6 Å². The molecule has 0 saturated carbocycles. The van der Waals surface area contributed by atoms with Crippen LogP contribution in [0.1, 0.15) is 12.8 Å². The molecule has 0 aromatic carbocycles. The molecule has 2 aliphatic rings. The van der Waals surface area contributed by atoms with E-state index in [2.05, 4.69) is 9.47 Å². The summed E-state index contributed by atoms with van der Waals surface area (Å²) in [4.78, 5) is 32.5. The molecule has 1 atom stereocenters. The zero-order chi connectivity index (χ0) is 10.3. The highest BCUT2D eigenvalue weighted by Crippen LogP contribution is 2.28. The molecule has 6 heteroatoms. The van der Waals surface area contributed by atoms with Crippen molar-refractivity contribution in [2.75, 3.05) is 0 Å². The molecule has 0 radical (unpaired) electrons. The average molecular weight is 198 g/mol. The number of aliphatic hydroxyl groups excluding tert-OH is 1. The maximum absolute atomic E-state index is 11.0. The molecule has 0 spiro atoms. The summed E-state index contributed by atoms with van der Waals surface area (Å²) in [5.41, 5.74) is 0.166. The van der Waals surface area contributed by atoms with Crippen molar-refractivity contribution < 1.29 is 29.0 Å². The molecule has 1 unspecified atom stereocenters. The molecule has 1 N–H and O–H groups in total. The van der Waals surface area contributed by atoms with Crippen LogP contribution in [0.25, 0.3) is 0 Å². The van der Waals surface area contributed by atoms with Crippen molar-refractivity contribution in [3.8, 4) is 0 Å². The first-order valence-electron chi connectivity index (χ1n) is 3.92. The molecule has 2 saturated heterocycles.